The molecule has 0 amide bonds. The summed E-state index contributed by atoms with van der Waals surface area (Å²) < 4.78 is 4.82. The molecule has 3 aromatic heterocycles. The van der Waals surface area contributed by atoms with Gasteiger partial charge in [-0.05, 0) is 63.3 Å². The molecular weight excluding hydrogens is 510 g/mol. The van der Waals surface area contributed by atoms with Crippen molar-refractivity contribution in [3.05, 3.63) is 140 Å². The zero-order valence-corrected chi connectivity index (χ0v) is 22.6. The molecule has 0 aliphatic rings. The predicted molar refractivity (Wildman–Crippen MR) is 177 cm³/mol. The highest BCUT2D eigenvalue weighted by Gasteiger charge is 2.20. The standard InChI is InChI=1S/C39H23N3/c1-2-10-27-24(9-1)17-18-25-23-26(19-20-28(25)27)41-34-15-7-5-11-29(34)31-21-22-36-37(38(31)41)30-12-3-4-13-32(30)39-40-33-14-6-8-16-35(33)42(36)39/h1-23H. The summed E-state index contributed by atoms with van der Waals surface area (Å²) in [5.74, 6) is 0. The Kier molecular flexibility index (Phi) is 4.18. The molecule has 0 aliphatic carbocycles. The van der Waals surface area contributed by atoms with Crippen molar-refractivity contribution < 1.29 is 0 Å². The van der Waals surface area contributed by atoms with Gasteiger partial charge in [0.2, 0.25) is 0 Å². The van der Waals surface area contributed by atoms with E-state index in [9.17, 15) is 0 Å². The number of aromatic nitrogens is 3. The summed E-state index contributed by atoms with van der Waals surface area (Å²) in [5, 5.41) is 11.2. The molecule has 194 valence electrons. The quantitative estimate of drug-likeness (QED) is 0.192. The number of benzene rings is 7. The van der Waals surface area contributed by atoms with Gasteiger partial charge in [-0.3, -0.25) is 4.40 Å². The van der Waals surface area contributed by atoms with Crippen LogP contribution in [0.4, 0.5) is 0 Å². The third-order valence-corrected chi connectivity index (χ3v) is 9.04. The lowest BCUT2D eigenvalue weighted by molar-refractivity contribution is 1.19. The number of imidazole rings is 1. The summed E-state index contributed by atoms with van der Waals surface area (Å²) in [4.78, 5) is 5.11. The third kappa shape index (κ3) is 2.77. The Balaban J connectivity index is 1.44. The number of pyridine rings is 1. The second kappa shape index (κ2) is 7.96. The molecule has 0 fully saturated rings. The minimum absolute atomic E-state index is 0.999. The second-order valence-electron chi connectivity index (χ2n) is 11.2. The zero-order valence-electron chi connectivity index (χ0n) is 22.6. The van der Waals surface area contributed by atoms with Gasteiger partial charge in [0.05, 0.1) is 27.6 Å². The summed E-state index contributed by atoms with van der Waals surface area (Å²) in [6, 6.07) is 50.6. The van der Waals surface area contributed by atoms with Crippen molar-refractivity contribution in [1.82, 2.24) is 14.0 Å². The molecule has 10 aromatic rings. The Morgan fingerprint density at radius 3 is 2.00 bits per heavy atom. The van der Waals surface area contributed by atoms with Crippen LogP contribution in [0.1, 0.15) is 0 Å². The molecule has 0 aliphatic heterocycles. The van der Waals surface area contributed by atoms with Crippen LogP contribution in [-0.2, 0) is 0 Å². The van der Waals surface area contributed by atoms with Gasteiger partial charge in [-0.25, -0.2) is 4.98 Å². The largest absolute Gasteiger partial charge is 0.309 e. The van der Waals surface area contributed by atoms with E-state index in [2.05, 4.69) is 148 Å². The monoisotopic (exact) mass is 533 g/mol. The summed E-state index contributed by atoms with van der Waals surface area (Å²) in [6.07, 6.45) is 0. The SMILES string of the molecule is c1ccc2c(c1)ccc1cc(-n3c4ccccc4c4ccc5c(c6ccccc6c6nc7ccccc7n56)c43)ccc12. The highest BCUT2D eigenvalue weighted by atomic mass is 15.0. The number of rotatable bonds is 1. The summed E-state index contributed by atoms with van der Waals surface area (Å²) in [6.45, 7) is 0. The Morgan fingerprint density at radius 2 is 1.10 bits per heavy atom. The minimum atomic E-state index is 0.999. The van der Waals surface area contributed by atoms with Gasteiger partial charge in [-0.1, -0.05) is 103 Å². The Morgan fingerprint density at radius 1 is 0.429 bits per heavy atom. The van der Waals surface area contributed by atoms with Crippen molar-refractivity contribution in [2.45, 2.75) is 0 Å². The molecular formula is C39H23N3. The first-order chi connectivity index (χ1) is 20.8. The first-order valence-corrected chi connectivity index (χ1v) is 14.4. The molecule has 0 unspecified atom stereocenters. The van der Waals surface area contributed by atoms with Gasteiger partial charge < -0.3 is 4.57 Å². The van der Waals surface area contributed by atoms with Crippen LogP contribution >= 0.6 is 0 Å². The van der Waals surface area contributed by atoms with Crippen molar-refractivity contribution >= 4 is 81.7 Å². The average Bonchev–Trinajstić information content (AvgIpc) is 3.61. The second-order valence-corrected chi connectivity index (χ2v) is 11.2. The number of para-hydroxylation sites is 3. The van der Waals surface area contributed by atoms with E-state index in [1.807, 2.05) is 0 Å². The van der Waals surface area contributed by atoms with Gasteiger partial charge in [0.15, 0.2) is 0 Å². The van der Waals surface area contributed by atoms with Crippen LogP contribution in [-0.4, -0.2) is 14.0 Å². The average molecular weight is 534 g/mol. The molecule has 42 heavy (non-hydrogen) atoms. The molecule has 3 heterocycles. The summed E-state index contributed by atoms with van der Waals surface area (Å²) in [7, 11) is 0. The van der Waals surface area contributed by atoms with E-state index < -0.39 is 0 Å². The maximum atomic E-state index is 5.11. The van der Waals surface area contributed by atoms with Crippen molar-refractivity contribution in [2.75, 3.05) is 0 Å². The number of fused-ring (bicyclic) bond motifs is 15. The first kappa shape index (κ1) is 22.1. The van der Waals surface area contributed by atoms with Gasteiger partial charge in [0.1, 0.15) is 5.65 Å². The number of hydrogen-bond donors (Lipinski definition) is 0. The Hall–Kier alpha value is -5.67. The van der Waals surface area contributed by atoms with Gasteiger partial charge in [0.25, 0.3) is 0 Å². The topological polar surface area (TPSA) is 22.2 Å². The van der Waals surface area contributed by atoms with Crippen molar-refractivity contribution in [3.63, 3.8) is 0 Å². The van der Waals surface area contributed by atoms with Crippen LogP contribution in [0.5, 0.6) is 0 Å². The van der Waals surface area contributed by atoms with Crippen molar-refractivity contribution in [1.29, 1.82) is 0 Å². The lowest BCUT2D eigenvalue weighted by atomic mass is 10.0. The summed E-state index contributed by atoms with van der Waals surface area (Å²) >= 11 is 0. The molecule has 0 spiro atoms. The van der Waals surface area contributed by atoms with Crippen LogP contribution in [0.3, 0.4) is 0 Å². The Bertz CT molecular complexity index is 2740. The first-order valence-electron chi connectivity index (χ1n) is 14.4. The van der Waals surface area contributed by atoms with Crippen molar-refractivity contribution in [3.8, 4) is 5.69 Å². The van der Waals surface area contributed by atoms with E-state index >= 15 is 0 Å². The van der Waals surface area contributed by atoms with E-state index in [0.717, 1.165) is 27.8 Å². The van der Waals surface area contributed by atoms with E-state index in [4.69, 9.17) is 4.98 Å². The van der Waals surface area contributed by atoms with Crippen LogP contribution in [0.15, 0.2) is 140 Å². The molecule has 0 N–H and O–H groups in total. The molecule has 10 rings (SSSR count). The highest BCUT2D eigenvalue weighted by molar-refractivity contribution is 6.27. The fourth-order valence-corrected chi connectivity index (χ4v) is 7.25. The fourth-order valence-electron chi connectivity index (χ4n) is 7.25. The predicted octanol–water partition coefficient (Wildman–Crippen LogP) is 10.2. The van der Waals surface area contributed by atoms with Gasteiger partial charge in [-0.15, -0.1) is 0 Å². The normalized spacial score (nSPS) is 12.3. The van der Waals surface area contributed by atoms with E-state index in [1.54, 1.807) is 0 Å². The molecule has 0 atom stereocenters. The molecule has 3 nitrogen and oxygen atoms in total. The van der Waals surface area contributed by atoms with Crippen LogP contribution < -0.4 is 0 Å². The van der Waals surface area contributed by atoms with Crippen LogP contribution in [0.2, 0.25) is 0 Å². The summed E-state index contributed by atoms with van der Waals surface area (Å²) in [5.41, 5.74) is 7.90. The molecule has 7 aromatic carbocycles. The fraction of sp³-hybridized carbons (Fsp3) is 0. The lowest BCUT2D eigenvalue weighted by Crippen LogP contribution is -1.97. The molecule has 0 bridgehead atoms. The maximum Gasteiger partial charge on any atom is 0.146 e. The van der Waals surface area contributed by atoms with Crippen molar-refractivity contribution in [2.24, 2.45) is 0 Å². The molecule has 3 heteroatoms. The van der Waals surface area contributed by atoms with Gasteiger partial charge in [-0.2, -0.15) is 0 Å². The van der Waals surface area contributed by atoms with Crippen LogP contribution in [0, 0.1) is 0 Å². The molecule has 0 saturated carbocycles. The molecule has 0 saturated heterocycles. The zero-order chi connectivity index (χ0) is 27.4. The maximum absolute atomic E-state index is 5.11. The highest BCUT2D eigenvalue weighted by Crippen LogP contribution is 2.41. The lowest BCUT2D eigenvalue weighted by Gasteiger charge is -2.14. The van der Waals surface area contributed by atoms with Gasteiger partial charge >= 0.3 is 0 Å². The minimum Gasteiger partial charge on any atom is -0.309 e. The van der Waals surface area contributed by atoms with Gasteiger partial charge in [0, 0.05) is 27.2 Å². The van der Waals surface area contributed by atoms with E-state index in [1.165, 1.54) is 59.6 Å². The Labute approximate surface area is 240 Å². The van der Waals surface area contributed by atoms with E-state index in [-0.39, 0.29) is 0 Å². The molecule has 0 radical (unpaired) electrons. The third-order valence-electron chi connectivity index (χ3n) is 9.04. The van der Waals surface area contributed by atoms with Crippen LogP contribution in [0.25, 0.3) is 87.4 Å². The smallest absolute Gasteiger partial charge is 0.146 e. The number of nitrogens with zero attached hydrogens (tertiary/aromatic N) is 3. The van der Waals surface area contributed by atoms with E-state index in [0.29, 0.717) is 0 Å². The number of hydrogen-bond acceptors (Lipinski definition) is 1.